The number of unbranched alkanes of at least 4 members (excludes halogenated alkanes) is 72. The van der Waals surface area contributed by atoms with Crippen molar-refractivity contribution in [2.75, 3.05) is 13.2 Å². The van der Waals surface area contributed by atoms with Gasteiger partial charge >= 0.3 is 5.97 Å². The molecule has 0 heterocycles. The Morgan fingerprint density at radius 2 is 0.495 bits per heavy atom. The highest BCUT2D eigenvalue weighted by Crippen LogP contribution is 2.21. The number of ether oxygens (including phenoxy) is 1. The smallest absolute Gasteiger partial charge is 0.305 e. The van der Waals surface area contributed by atoms with E-state index in [4.69, 9.17) is 4.74 Å². The monoisotopic (exact) mass is 1340 g/mol. The topological polar surface area (TPSA) is 95.9 Å². The first-order valence-electron chi connectivity index (χ1n) is 44.4. The predicted molar refractivity (Wildman–Crippen MR) is 421 cm³/mol. The third kappa shape index (κ3) is 81.5. The molecule has 0 rings (SSSR count). The van der Waals surface area contributed by atoms with Crippen molar-refractivity contribution >= 4 is 11.9 Å². The summed E-state index contributed by atoms with van der Waals surface area (Å²) < 4.78 is 5.53. The molecule has 0 bridgehead atoms. The fourth-order valence-corrected chi connectivity index (χ4v) is 14.6. The quantitative estimate of drug-likeness (QED) is 0.0320. The van der Waals surface area contributed by atoms with E-state index in [1.807, 2.05) is 0 Å². The summed E-state index contributed by atoms with van der Waals surface area (Å²) in [6, 6.07) is -0.537. The zero-order valence-corrected chi connectivity index (χ0v) is 65.2. The average Bonchev–Trinajstić information content (AvgIpc) is 2.96. The first kappa shape index (κ1) is 93.6. The van der Waals surface area contributed by atoms with Crippen molar-refractivity contribution in [1.29, 1.82) is 0 Å². The molecule has 1 amide bonds. The Morgan fingerprint density at radius 1 is 0.284 bits per heavy atom. The highest BCUT2D eigenvalue weighted by Gasteiger charge is 2.20. The minimum atomic E-state index is -0.660. The molecule has 0 radical (unpaired) electrons. The number of aliphatic hydroxyl groups is 2. The number of nitrogens with one attached hydrogen (secondary N) is 1. The van der Waals surface area contributed by atoms with Crippen LogP contribution >= 0.6 is 0 Å². The van der Waals surface area contributed by atoms with Gasteiger partial charge in [0.05, 0.1) is 25.4 Å². The fourth-order valence-electron chi connectivity index (χ4n) is 14.6. The second-order valence-corrected chi connectivity index (χ2v) is 30.9. The number of hydrogen-bond donors (Lipinski definition) is 3. The number of carbonyl (C=O) groups excluding carboxylic acids is 2. The summed E-state index contributed by atoms with van der Waals surface area (Å²) in [5, 5.41) is 23.5. The Kier molecular flexibility index (Phi) is 83.8. The Balaban J connectivity index is 3.28. The molecule has 0 aromatic rings. The van der Waals surface area contributed by atoms with E-state index in [1.54, 1.807) is 0 Å². The van der Waals surface area contributed by atoms with E-state index in [0.29, 0.717) is 25.9 Å². The Labute approximate surface area is 597 Å². The van der Waals surface area contributed by atoms with Gasteiger partial charge in [0.1, 0.15) is 0 Å². The van der Waals surface area contributed by atoms with E-state index < -0.39 is 12.1 Å². The third-order valence-corrected chi connectivity index (χ3v) is 21.3. The molecule has 0 saturated heterocycles. The SMILES string of the molecule is CCCCCCCC/C=C\CCCCCCCCCCCC(=O)OCCCCCCCCCCCCCCCCCCCCCCCCCCCCCCCCCCCCCCCCCC(=O)NC(CO)C(O)CCCCCCCCCCCCCCCCCCCCCC. The number of carbonyl (C=O) groups is 2. The molecule has 3 N–H and O–H groups in total. The van der Waals surface area contributed by atoms with E-state index >= 15 is 0 Å². The second-order valence-electron chi connectivity index (χ2n) is 30.9. The summed E-state index contributed by atoms with van der Waals surface area (Å²) in [6.07, 6.45) is 109. The highest BCUT2D eigenvalue weighted by molar-refractivity contribution is 5.76. The number of rotatable bonds is 85. The van der Waals surface area contributed by atoms with E-state index in [9.17, 15) is 19.8 Å². The number of amides is 1. The normalized spacial score (nSPS) is 12.4. The van der Waals surface area contributed by atoms with Gasteiger partial charge in [-0.3, -0.25) is 9.59 Å². The molecule has 0 aromatic carbocycles. The second kappa shape index (κ2) is 85.0. The minimum Gasteiger partial charge on any atom is -0.466 e. The van der Waals surface area contributed by atoms with Crippen LogP contribution in [0, 0.1) is 0 Å². The van der Waals surface area contributed by atoms with Crippen LogP contribution in [-0.4, -0.2) is 47.4 Å². The molecule has 2 unspecified atom stereocenters. The Morgan fingerprint density at radius 3 is 0.747 bits per heavy atom. The lowest BCUT2D eigenvalue weighted by molar-refractivity contribution is -0.143. The van der Waals surface area contributed by atoms with Gasteiger partial charge in [-0.05, 0) is 51.4 Å². The summed E-state index contributed by atoms with van der Waals surface area (Å²) in [4.78, 5) is 24.7. The minimum absolute atomic E-state index is 0.0228. The summed E-state index contributed by atoms with van der Waals surface area (Å²) >= 11 is 0. The van der Waals surface area contributed by atoms with Gasteiger partial charge in [-0.15, -0.1) is 0 Å². The van der Waals surface area contributed by atoms with Crippen molar-refractivity contribution < 1.29 is 24.5 Å². The van der Waals surface area contributed by atoms with Gasteiger partial charge in [0.25, 0.3) is 0 Å². The summed E-state index contributed by atoms with van der Waals surface area (Å²) in [5.41, 5.74) is 0. The van der Waals surface area contributed by atoms with Crippen LogP contribution in [0.15, 0.2) is 12.2 Å². The van der Waals surface area contributed by atoms with Crippen LogP contribution in [0.2, 0.25) is 0 Å². The van der Waals surface area contributed by atoms with E-state index in [2.05, 4.69) is 31.3 Å². The predicted octanol–water partition coefficient (Wildman–Crippen LogP) is 29.8. The van der Waals surface area contributed by atoms with Crippen molar-refractivity contribution in [2.24, 2.45) is 0 Å². The molecule has 2 atom stereocenters. The van der Waals surface area contributed by atoms with Crippen LogP contribution < -0.4 is 5.32 Å². The largest absolute Gasteiger partial charge is 0.466 e. The molecular formula is C89H175NO5. The van der Waals surface area contributed by atoms with Gasteiger partial charge < -0.3 is 20.3 Å². The Hall–Kier alpha value is -1.40. The summed E-state index contributed by atoms with van der Waals surface area (Å²) in [7, 11) is 0. The molecule has 0 aromatic heterocycles. The van der Waals surface area contributed by atoms with Gasteiger partial charge in [-0.25, -0.2) is 0 Å². The lowest BCUT2D eigenvalue weighted by atomic mass is 10.0. The molecule has 0 aliphatic carbocycles. The molecule has 6 nitrogen and oxygen atoms in total. The van der Waals surface area contributed by atoms with Crippen LogP contribution in [0.4, 0.5) is 0 Å². The number of esters is 1. The third-order valence-electron chi connectivity index (χ3n) is 21.3. The zero-order valence-electron chi connectivity index (χ0n) is 65.2. The summed E-state index contributed by atoms with van der Waals surface area (Å²) in [5.74, 6) is 0.00230. The van der Waals surface area contributed by atoms with Crippen LogP contribution in [0.25, 0.3) is 0 Å². The van der Waals surface area contributed by atoms with Crippen LogP contribution in [-0.2, 0) is 14.3 Å². The maximum absolute atomic E-state index is 12.6. The molecule has 0 saturated carbocycles. The summed E-state index contributed by atoms with van der Waals surface area (Å²) in [6.45, 7) is 5.02. The van der Waals surface area contributed by atoms with Crippen molar-refractivity contribution in [1.82, 2.24) is 5.32 Å². The first-order valence-corrected chi connectivity index (χ1v) is 44.4. The van der Waals surface area contributed by atoms with Crippen LogP contribution in [0.3, 0.4) is 0 Å². The van der Waals surface area contributed by atoms with Crippen LogP contribution in [0.1, 0.15) is 521 Å². The molecule has 0 spiro atoms. The average molecular weight is 1340 g/mol. The molecule has 0 fully saturated rings. The van der Waals surface area contributed by atoms with Crippen molar-refractivity contribution in [3.63, 3.8) is 0 Å². The highest BCUT2D eigenvalue weighted by atomic mass is 16.5. The number of aliphatic hydroxyl groups excluding tert-OH is 2. The van der Waals surface area contributed by atoms with E-state index in [-0.39, 0.29) is 18.5 Å². The molecule has 0 aliphatic heterocycles. The molecular weight excluding hydrogens is 1160 g/mol. The lowest BCUT2D eigenvalue weighted by Gasteiger charge is -2.22. The molecule has 0 aliphatic rings. The molecule has 6 heteroatoms. The van der Waals surface area contributed by atoms with E-state index in [0.717, 1.165) is 38.5 Å². The van der Waals surface area contributed by atoms with Gasteiger partial charge in [0.15, 0.2) is 0 Å². The van der Waals surface area contributed by atoms with Crippen molar-refractivity contribution in [3.8, 4) is 0 Å². The molecule has 95 heavy (non-hydrogen) atoms. The van der Waals surface area contributed by atoms with Gasteiger partial charge in [-0.2, -0.15) is 0 Å². The number of allylic oxidation sites excluding steroid dienone is 2. The maximum Gasteiger partial charge on any atom is 0.305 e. The first-order chi connectivity index (χ1) is 47.0. The Bertz CT molecular complexity index is 1450. The number of hydrogen-bond acceptors (Lipinski definition) is 5. The lowest BCUT2D eigenvalue weighted by Crippen LogP contribution is -2.45. The van der Waals surface area contributed by atoms with Gasteiger partial charge in [-0.1, -0.05) is 469 Å². The fraction of sp³-hybridized carbons (Fsp3) is 0.955. The zero-order chi connectivity index (χ0) is 68.4. The molecule has 566 valence electrons. The van der Waals surface area contributed by atoms with Gasteiger partial charge in [0.2, 0.25) is 5.91 Å². The van der Waals surface area contributed by atoms with Crippen LogP contribution in [0.5, 0.6) is 0 Å². The van der Waals surface area contributed by atoms with E-state index in [1.165, 1.54) is 449 Å². The standard InChI is InChI=1S/C89H175NO5/c1-3-5-7-9-11-13-15-17-19-21-23-46-49-53-57-61-65-69-73-77-81-87(92)86(85-91)90-88(93)82-78-74-70-66-62-58-54-50-47-43-41-39-37-35-33-31-29-27-25-24-26-28-30-32-34-36-38-40-42-44-48-52-56-60-64-68-72-76-80-84-95-89(94)83-79-75-71-67-63-59-55-51-45-22-20-18-16-14-12-10-8-6-4-2/h18,20,86-87,91-92H,3-17,19,21-85H2,1-2H3,(H,90,93)/b20-18-. The van der Waals surface area contributed by atoms with Gasteiger partial charge in [0, 0.05) is 12.8 Å². The van der Waals surface area contributed by atoms with Crippen molar-refractivity contribution in [2.45, 2.75) is 533 Å². The van der Waals surface area contributed by atoms with Crippen molar-refractivity contribution in [3.05, 3.63) is 12.2 Å². The maximum atomic E-state index is 12.6.